The number of aromatic hydroxyl groups is 1. The van der Waals surface area contributed by atoms with Crippen LogP contribution < -0.4 is 10.1 Å². The number of hydrogen-bond donors (Lipinski definition) is 4. The Morgan fingerprint density at radius 3 is 2.78 bits per heavy atom. The molecule has 5 atom stereocenters. The van der Waals surface area contributed by atoms with E-state index in [1.807, 2.05) is 18.2 Å². The molecule has 2 bridgehead atoms. The second-order valence-corrected chi connectivity index (χ2v) is 13.9. The summed E-state index contributed by atoms with van der Waals surface area (Å²) in [4.78, 5) is 20.0. The van der Waals surface area contributed by atoms with Crippen molar-refractivity contribution >= 4 is 16.8 Å². The summed E-state index contributed by atoms with van der Waals surface area (Å²) in [5.74, 6) is 1.86. The van der Waals surface area contributed by atoms with Crippen molar-refractivity contribution in [3.05, 3.63) is 58.8 Å². The Bertz CT molecular complexity index is 1570. The van der Waals surface area contributed by atoms with Gasteiger partial charge in [0.1, 0.15) is 6.10 Å². The summed E-state index contributed by atoms with van der Waals surface area (Å²) < 4.78 is 6.66. The summed E-state index contributed by atoms with van der Waals surface area (Å²) in [6.07, 6.45) is 12.0. The lowest BCUT2D eigenvalue weighted by atomic mass is 9.48. The number of carbonyl (C=O) groups is 1. The van der Waals surface area contributed by atoms with Crippen LogP contribution in [-0.2, 0) is 11.8 Å². The Hall–Kier alpha value is -3.03. The zero-order valence-electron chi connectivity index (χ0n) is 23.5. The molecule has 3 aromatic rings. The van der Waals surface area contributed by atoms with Gasteiger partial charge in [-0.1, -0.05) is 31.0 Å². The Morgan fingerprint density at radius 1 is 1.10 bits per heavy atom. The standard InChI is InChI=1S/C34H39N3O4/c38-26-11-10-21-16-27-34(40)13-12-25(31-33(34,28(21)30(26)41-31)14-15-37(27)18-19-8-9-19)36-32(39)23-7-3-6-22-24(17-35-29(22)23)20-4-1-2-5-20/h3,6-7,10-11,17,19-20,25,27,31,35,38,40H,1-2,4-5,8-9,12-16,18H2,(H,36,39)/t25-,27+,31-,33-,34+/m0/s1. The molecular formula is C34H39N3O4. The Morgan fingerprint density at radius 2 is 1.95 bits per heavy atom. The van der Waals surface area contributed by atoms with E-state index in [9.17, 15) is 15.0 Å². The number of fused-ring (bicyclic) bond motifs is 1. The summed E-state index contributed by atoms with van der Waals surface area (Å²) >= 11 is 0. The third-order valence-corrected chi connectivity index (χ3v) is 11.9. The van der Waals surface area contributed by atoms with E-state index in [4.69, 9.17) is 4.74 Å². The zero-order valence-corrected chi connectivity index (χ0v) is 23.5. The quantitative estimate of drug-likeness (QED) is 0.361. The van der Waals surface area contributed by atoms with Crippen LogP contribution in [0.3, 0.4) is 0 Å². The number of ether oxygens (including phenoxy) is 1. The van der Waals surface area contributed by atoms with Crippen LogP contribution in [0.4, 0.5) is 0 Å². The molecule has 4 N–H and O–H groups in total. The minimum atomic E-state index is -0.951. The number of hydrogen-bond acceptors (Lipinski definition) is 5. The Labute approximate surface area is 240 Å². The molecule has 0 radical (unpaired) electrons. The van der Waals surface area contributed by atoms with Gasteiger partial charge in [0.05, 0.1) is 28.1 Å². The van der Waals surface area contributed by atoms with E-state index in [0.717, 1.165) is 48.3 Å². The van der Waals surface area contributed by atoms with Gasteiger partial charge in [-0.2, -0.15) is 0 Å². The van der Waals surface area contributed by atoms with Crippen molar-refractivity contribution in [1.82, 2.24) is 15.2 Å². The summed E-state index contributed by atoms with van der Waals surface area (Å²) in [6, 6.07) is 9.58. The van der Waals surface area contributed by atoms with Crippen LogP contribution in [0.5, 0.6) is 11.5 Å². The Kier molecular flexibility index (Phi) is 5.10. The molecular weight excluding hydrogens is 514 g/mol. The van der Waals surface area contributed by atoms with E-state index in [2.05, 4.69) is 27.5 Å². The van der Waals surface area contributed by atoms with Gasteiger partial charge in [0.15, 0.2) is 11.5 Å². The second-order valence-electron chi connectivity index (χ2n) is 13.9. The maximum atomic E-state index is 14.0. The SMILES string of the molecule is O=C(N[C@H]1CC[C@@]2(O)[C@H]3Cc4ccc(O)c5c4[C@@]2(CCN3CC2CC2)[C@H]1O5)c1cccc2c(C3CCCC3)c[nH]c12. The minimum absolute atomic E-state index is 0.0317. The van der Waals surface area contributed by atoms with Gasteiger partial charge in [-0.05, 0) is 93.0 Å². The lowest BCUT2D eigenvalue weighted by molar-refractivity contribution is -0.191. The topological polar surface area (TPSA) is 97.8 Å². The van der Waals surface area contributed by atoms with E-state index in [1.54, 1.807) is 6.07 Å². The van der Waals surface area contributed by atoms with Crippen LogP contribution >= 0.6 is 0 Å². The van der Waals surface area contributed by atoms with Crippen molar-refractivity contribution in [1.29, 1.82) is 0 Å². The monoisotopic (exact) mass is 553 g/mol. The number of H-pyrrole nitrogens is 1. The first-order valence-corrected chi connectivity index (χ1v) is 15.9. The molecule has 1 saturated heterocycles. The van der Waals surface area contributed by atoms with Crippen molar-refractivity contribution in [3.8, 4) is 11.5 Å². The largest absolute Gasteiger partial charge is 0.504 e. The van der Waals surface area contributed by atoms with Gasteiger partial charge in [0, 0.05) is 29.7 Å². The van der Waals surface area contributed by atoms with Crippen molar-refractivity contribution in [3.63, 3.8) is 0 Å². The summed E-state index contributed by atoms with van der Waals surface area (Å²) in [5.41, 5.74) is 3.48. The molecule has 7 heteroatoms. The van der Waals surface area contributed by atoms with Gasteiger partial charge in [0.2, 0.25) is 0 Å². The van der Waals surface area contributed by atoms with Crippen molar-refractivity contribution in [2.75, 3.05) is 13.1 Å². The summed E-state index contributed by atoms with van der Waals surface area (Å²) in [7, 11) is 0. The number of nitrogens with zero attached hydrogens (tertiary/aromatic N) is 1. The molecule has 0 unspecified atom stereocenters. The molecule has 4 aliphatic carbocycles. The number of nitrogens with one attached hydrogen (secondary N) is 2. The number of rotatable bonds is 5. The molecule has 2 aliphatic heterocycles. The highest BCUT2D eigenvalue weighted by Crippen LogP contribution is 2.65. The molecule has 41 heavy (non-hydrogen) atoms. The maximum Gasteiger partial charge on any atom is 0.253 e. The number of carbonyl (C=O) groups excluding carboxylic acids is 1. The number of phenols is 1. The number of amides is 1. The van der Waals surface area contributed by atoms with Crippen molar-refractivity contribution in [2.45, 2.75) is 99.3 Å². The van der Waals surface area contributed by atoms with Crippen LogP contribution in [0.2, 0.25) is 0 Å². The van der Waals surface area contributed by atoms with Gasteiger partial charge in [0.25, 0.3) is 5.91 Å². The fraction of sp³-hybridized carbons (Fsp3) is 0.559. The lowest BCUT2D eigenvalue weighted by Crippen LogP contribution is -2.78. The van der Waals surface area contributed by atoms with E-state index >= 15 is 0 Å². The van der Waals surface area contributed by atoms with Gasteiger partial charge < -0.3 is 25.3 Å². The van der Waals surface area contributed by atoms with Crippen molar-refractivity contribution in [2.24, 2.45) is 5.92 Å². The Balaban J connectivity index is 1.08. The average molecular weight is 554 g/mol. The number of aromatic amines is 1. The van der Waals surface area contributed by atoms with E-state index < -0.39 is 17.1 Å². The van der Waals surface area contributed by atoms with Crippen LogP contribution in [0.1, 0.15) is 90.8 Å². The lowest BCUT2D eigenvalue weighted by Gasteiger charge is -2.64. The molecule has 214 valence electrons. The molecule has 1 aromatic heterocycles. The van der Waals surface area contributed by atoms with E-state index in [-0.39, 0.29) is 23.7 Å². The predicted octanol–water partition coefficient (Wildman–Crippen LogP) is 4.89. The van der Waals surface area contributed by atoms with Crippen molar-refractivity contribution < 1.29 is 19.7 Å². The minimum Gasteiger partial charge on any atom is -0.504 e. The number of para-hydroxylation sites is 1. The highest BCUT2D eigenvalue weighted by molar-refractivity contribution is 6.06. The van der Waals surface area contributed by atoms with Gasteiger partial charge in [-0.25, -0.2) is 0 Å². The van der Waals surface area contributed by atoms with E-state index in [0.29, 0.717) is 30.1 Å². The van der Waals surface area contributed by atoms with Crippen LogP contribution in [-0.4, -0.2) is 62.9 Å². The fourth-order valence-electron chi connectivity index (χ4n) is 9.82. The average Bonchev–Trinajstić information content (AvgIpc) is 3.33. The first-order valence-electron chi connectivity index (χ1n) is 15.9. The molecule has 9 rings (SSSR count). The first kappa shape index (κ1) is 24.6. The molecule has 1 amide bonds. The number of piperidine rings is 1. The van der Waals surface area contributed by atoms with Gasteiger partial charge >= 0.3 is 0 Å². The van der Waals surface area contributed by atoms with Gasteiger partial charge in [-0.15, -0.1) is 0 Å². The molecule has 4 fully saturated rings. The number of aromatic nitrogens is 1. The molecule has 3 saturated carbocycles. The highest BCUT2D eigenvalue weighted by atomic mass is 16.5. The molecule has 1 spiro atoms. The zero-order chi connectivity index (χ0) is 27.5. The summed E-state index contributed by atoms with van der Waals surface area (Å²) in [5, 5.41) is 28.1. The molecule has 2 aromatic carbocycles. The number of likely N-dealkylation sites (tertiary alicyclic amines) is 1. The summed E-state index contributed by atoms with van der Waals surface area (Å²) in [6.45, 7) is 1.96. The molecule has 3 heterocycles. The van der Waals surface area contributed by atoms with Crippen LogP contribution in [0, 0.1) is 5.92 Å². The van der Waals surface area contributed by atoms with Gasteiger partial charge in [-0.3, -0.25) is 9.69 Å². The third-order valence-electron chi connectivity index (χ3n) is 11.9. The fourth-order valence-corrected chi connectivity index (χ4v) is 9.82. The number of aliphatic hydroxyl groups is 1. The first-order chi connectivity index (χ1) is 20.0. The van der Waals surface area contributed by atoms with E-state index in [1.165, 1.54) is 49.7 Å². The second kappa shape index (κ2) is 8.51. The maximum absolute atomic E-state index is 14.0. The number of benzene rings is 2. The molecule has 7 nitrogen and oxygen atoms in total. The molecule has 6 aliphatic rings. The normalized spacial score (nSPS) is 34.0. The number of phenolic OH excluding ortho intramolecular Hbond substituents is 1. The smallest absolute Gasteiger partial charge is 0.253 e. The third kappa shape index (κ3) is 3.25. The van der Waals surface area contributed by atoms with Crippen LogP contribution in [0.25, 0.3) is 10.9 Å². The predicted molar refractivity (Wildman–Crippen MR) is 156 cm³/mol. The van der Waals surface area contributed by atoms with Crippen LogP contribution in [0.15, 0.2) is 36.5 Å². The highest BCUT2D eigenvalue weighted by Gasteiger charge is 2.73.